The van der Waals surface area contributed by atoms with Gasteiger partial charge in [-0.15, -0.1) is 0 Å². The van der Waals surface area contributed by atoms with Gasteiger partial charge in [0, 0.05) is 12.6 Å². The minimum absolute atomic E-state index is 0.223. The van der Waals surface area contributed by atoms with E-state index in [1.807, 2.05) is 14.0 Å². The summed E-state index contributed by atoms with van der Waals surface area (Å²) in [5.41, 5.74) is 5.03. The van der Waals surface area contributed by atoms with Gasteiger partial charge in [-0.3, -0.25) is 4.79 Å². The highest BCUT2D eigenvalue weighted by atomic mass is 19.1. The lowest BCUT2D eigenvalue weighted by Gasteiger charge is -2.43. The smallest absolute Gasteiger partial charge is 0.243 e. The first-order chi connectivity index (χ1) is 8.94. The first kappa shape index (κ1) is 13.8. The van der Waals surface area contributed by atoms with Crippen molar-refractivity contribution >= 4 is 11.6 Å². The quantitative estimate of drug-likeness (QED) is 0.872. The highest BCUT2D eigenvalue weighted by molar-refractivity contribution is 5.88. The number of para-hydroxylation sites is 1. The zero-order valence-corrected chi connectivity index (χ0v) is 11.3. The van der Waals surface area contributed by atoms with Gasteiger partial charge in [0.25, 0.3) is 0 Å². The van der Waals surface area contributed by atoms with E-state index in [4.69, 9.17) is 5.73 Å². The molecule has 1 aromatic carbocycles. The summed E-state index contributed by atoms with van der Waals surface area (Å²) in [6.07, 6.45) is 1.16. The second kappa shape index (κ2) is 5.17. The van der Waals surface area contributed by atoms with Gasteiger partial charge in [0.1, 0.15) is 11.4 Å². The predicted molar refractivity (Wildman–Crippen MR) is 73.3 cm³/mol. The van der Waals surface area contributed by atoms with Gasteiger partial charge in [0.05, 0.1) is 5.69 Å². The highest BCUT2D eigenvalue weighted by Gasteiger charge is 2.42. The lowest BCUT2D eigenvalue weighted by molar-refractivity contribution is -0.124. The minimum Gasteiger partial charge on any atom is -0.369 e. The van der Waals surface area contributed by atoms with Crippen LogP contribution in [0.15, 0.2) is 24.3 Å². The van der Waals surface area contributed by atoms with Gasteiger partial charge in [-0.05, 0) is 38.9 Å². The Bertz CT molecular complexity index is 480. The number of piperidine rings is 1. The number of likely N-dealkylation sites (tertiary alicyclic amines) is 1. The normalized spacial score (nSPS) is 28.1. The molecule has 104 valence electrons. The highest BCUT2D eigenvalue weighted by Crippen LogP contribution is 2.30. The molecule has 2 rings (SSSR count). The number of anilines is 1. The van der Waals surface area contributed by atoms with Gasteiger partial charge in [-0.2, -0.15) is 0 Å². The van der Waals surface area contributed by atoms with E-state index in [1.54, 1.807) is 18.2 Å². The molecule has 4 nitrogen and oxygen atoms in total. The zero-order chi connectivity index (χ0) is 14.0. The number of carbonyl (C=O) groups is 1. The Kier molecular flexibility index (Phi) is 3.75. The predicted octanol–water partition coefficient (Wildman–Crippen LogP) is 1.58. The van der Waals surface area contributed by atoms with Gasteiger partial charge in [0.15, 0.2) is 0 Å². The first-order valence-corrected chi connectivity index (χ1v) is 6.47. The number of halogens is 1. The molecular weight excluding hydrogens is 245 g/mol. The van der Waals surface area contributed by atoms with Crippen molar-refractivity contribution in [2.45, 2.75) is 31.3 Å². The third-order valence-corrected chi connectivity index (χ3v) is 4.01. The molecule has 0 radical (unpaired) electrons. The van der Waals surface area contributed by atoms with E-state index in [2.05, 4.69) is 10.2 Å². The standard InChI is InChI=1S/C14H20FN3O/c1-10-9-14(13(16)19,7-8-18(10)2)17-12-6-4-3-5-11(12)15/h3-6,10,17H,7-9H2,1-2H3,(H2,16,19). The van der Waals surface area contributed by atoms with E-state index in [-0.39, 0.29) is 11.9 Å². The average molecular weight is 265 g/mol. The van der Waals surface area contributed by atoms with Gasteiger partial charge in [-0.1, -0.05) is 12.1 Å². The van der Waals surface area contributed by atoms with Crippen LogP contribution in [-0.2, 0) is 4.79 Å². The molecule has 1 saturated heterocycles. The molecule has 1 aliphatic heterocycles. The summed E-state index contributed by atoms with van der Waals surface area (Å²) < 4.78 is 13.7. The zero-order valence-electron chi connectivity index (χ0n) is 11.3. The molecule has 2 atom stereocenters. The Morgan fingerprint density at radius 3 is 2.79 bits per heavy atom. The maximum Gasteiger partial charge on any atom is 0.243 e. The Hall–Kier alpha value is -1.62. The van der Waals surface area contributed by atoms with E-state index in [0.29, 0.717) is 18.5 Å². The topological polar surface area (TPSA) is 58.4 Å². The SMILES string of the molecule is CC1CC(Nc2ccccc2F)(C(N)=O)CCN1C. The number of nitrogens with zero attached hydrogens (tertiary/aromatic N) is 1. The van der Waals surface area contributed by atoms with Crippen LogP contribution in [0.3, 0.4) is 0 Å². The van der Waals surface area contributed by atoms with Crippen molar-refractivity contribution in [3.63, 3.8) is 0 Å². The number of nitrogens with two attached hydrogens (primary N) is 1. The van der Waals surface area contributed by atoms with E-state index in [9.17, 15) is 9.18 Å². The third kappa shape index (κ3) is 2.71. The Morgan fingerprint density at radius 2 is 2.21 bits per heavy atom. The molecule has 1 amide bonds. The van der Waals surface area contributed by atoms with Crippen LogP contribution in [0, 0.1) is 5.82 Å². The van der Waals surface area contributed by atoms with Crippen molar-refractivity contribution < 1.29 is 9.18 Å². The molecule has 1 fully saturated rings. The average Bonchev–Trinajstić information content (AvgIpc) is 2.36. The molecule has 0 aromatic heterocycles. The summed E-state index contributed by atoms with van der Waals surface area (Å²) in [5, 5.41) is 3.04. The number of benzene rings is 1. The molecule has 1 aromatic rings. The molecule has 0 spiro atoms. The van der Waals surface area contributed by atoms with Crippen LogP contribution in [0.25, 0.3) is 0 Å². The fourth-order valence-corrected chi connectivity index (χ4v) is 2.57. The summed E-state index contributed by atoms with van der Waals surface area (Å²) in [6.45, 7) is 2.80. The molecule has 1 aliphatic rings. The molecule has 0 aliphatic carbocycles. The number of carbonyl (C=O) groups excluding carboxylic acids is 1. The van der Waals surface area contributed by atoms with Crippen LogP contribution in [-0.4, -0.2) is 36.0 Å². The number of nitrogens with one attached hydrogen (secondary N) is 1. The van der Waals surface area contributed by atoms with Crippen molar-refractivity contribution in [1.82, 2.24) is 4.90 Å². The van der Waals surface area contributed by atoms with Gasteiger partial charge < -0.3 is 16.0 Å². The fourth-order valence-electron chi connectivity index (χ4n) is 2.57. The second-order valence-corrected chi connectivity index (χ2v) is 5.33. The summed E-state index contributed by atoms with van der Waals surface area (Å²) in [6, 6.07) is 6.58. The molecule has 3 N–H and O–H groups in total. The van der Waals surface area contributed by atoms with Crippen molar-refractivity contribution in [3.05, 3.63) is 30.1 Å². The van der Waals surface area contributed by atoms with Crippen LogP contribution >= 0.6 is 0 Å². The van der Waals surface area contributed by atoms with Crippen molar-refractivity contribution in [1.29, 1.82) is 0 Å². The lowest BCUT2D eigenvalue weighted by Crippen LogP contribution is -2.59. The number of primary amides is 1. The summed E-state index contributed by atoms with van der Waals surface area (Å²) in [5.74, 6) is -0.787. The number of hydrogen-bond acceptors (Lipinski definition) is 3. The second-order valence-electron chi connectivity index (χ2n) is 5.33. The van der Waals surface area contributed by atoms with Gasteiger partial charge in [0.2, 0.25) is 5.91 Å². The Labute approximate surface area is 112 Å². The molecule has 0 saturated carbocycles. The van der Waals surface area contributed by atoms with Crippen molar-refractivity contribution in [2.24, 2.45) is 5.73 Å². The number of hydrogen-bond donors (Lipinski definition) is 2. The number of rotatable bonds is 3. The third-order valence-electron chi connectivity index (χ3n) is 4.01. The van der Waals surface area contributed by atoms with Gasteiger partial charge >= 0.3 is 0 Å². The van der Waals surface area contributed by atoms with Crippen LogP contribution in [0.5, 0.6) is 0 Å². The van der Waals surface area contributed by atoms with E-state index in [1.165, 1.54) is 6.07 Å². The Morgan fingerprint density at radius 1 is 1.53 bits per heavy atom. The molecular formula is C14H20FN3O. The van der Waals surface area contributed by atoms with Crippen molar-refractivity contribution in [2.75, 3.05) is 18.9 Å². The van der Waals surface area contributed by atoms with Crippen LogP contribution in [0.1, 0.15) is 19.8 Å². The van der Waals surface area contributed by atoms with Crippen LogP contribution in [0.2, 0.25) is 0 Å². The van der Waals surface area contributed by atoms with Gasteiger partial charge in [-0.25, -0.2) is 4.39 Å². The Balaban J connectivity index is 2.26. The summed E-state index contributed by atoms with van der Waals surface area (Å²) >= 11 is 0. The van der Waals surface area contributed by atoms with E-state index >= 15 is 0 Å². The molecule has 0 bridgehead atoms. The maximum absolute atomic E-state index is 13.7. The molecule has 5 heteroatoms. The summed E-state index contributed by atoms with van der Waals surface area (Å²) in [7, 11) is 2.01. The number of amides is 1. The molecule has 1 heterocycles. The lowest BCUT2D eigenvalue weighted by atomic mass is 9.83. The fraction of sp³-hybridized carbons (Fsp3) is 0.500. The van der Waals surface area contributed by atoms with Crippen LogP contribution in [0.4, 0.5) is 10.1 Å². The monoisotopic (exact) mass is 265 g/mol. The first-order valence-electron chi connectivity index (χ1n) is 6.47. The van der Waals surface area contributed by atoms with Crippen molar-refractivity contribution in [3.8, 4) is 0 Å². The van der Waals surface area contributed by atoms with Crippen LogP contribution < -0.4 is 11.1 Å². The summed E-state index contributed by atoms with van der Waals surface area (Å²) in [4.78, 5) is 14.0. The molecule has 2 unspecified atom stereocenters. The maximum atomic E-state index is 13.7. The van der Waals surface area contributed by atoms with E-state index < -0.39 is 11.4 Å². The largest absolute Gasteiger partial charge is 0.369 e. The van der Waals surface area contributed by atoms with E-state index in [0.717, 1.165) is 6.54 Å². The molecule has 19 heavy (non-hydrogen) atoms. The minimum atomic E-state index is -0.867.